The summed E-state index contributed by atoms with van der Waals surface area (Å²) in [6.45, 7) is 2.36. The molecule has 0 unspecified atom stereocenters. The van der Waals surface area contributed by atoms with E-state index in [1.807, 2.05) is 6.92 Å². The van der Waals surface area contributed by atoms with Gasteiger partial charge in [0.2, 0.25) is 5.91 Å². The lowest BCUT2D eigenvalue weighted by molar-refractivity contribution is -0.123. The van der Waals surface area contributed by atoms with Gasteiger partial charge in [0, 0.05) is 0 Å². The van der Waals surface area contributed by atoms with Crippen molar-refractivity contribution < 1.29 is 4.79 Å². The third-order valence-corrected chi connectivity index (χ3v) is 3.22. The zero-order valence-electron chi connectivity index (χ0n) is 7.91. The van der Waals surface area contributed by atoms with E-state index < -0.39 is 5.54 Å². The summed E-state index contributed by atoms with van der Waals surface area (Å²) >= 11 is 1.31. The Morgan fingerprint density at radius 1 is 1.71 bits per heavy atom. The minimum absolute atomic E-state index is 0.0645. The van der Waals surface area contributed by atoms with Gasteiger partial charge in [-0.15, -0.1) is 5.10 Å². The highest BCUT2D eigenvalue weighted by atomic mass is 32.1. The summed E-state index contributed by atoms with van der Waals surface area (Å²) < 4.78 is 3.79. The van der Waals surface area contributed by atoms with Crippen LogP contribution in [-0.4, -0.2) is 21.0 Å². The van der Waals surface area contributed by atoms with Gasteiger partial charge in [0.25, 0.3) is 0 Å². The third-order valence-electron chi connectivity index (χ3n) is 2.40. The van der Waals surface area contributed by atoms with Crippen LogP contribution in [0.5, 0.6) is 0 Å². The number of aryl methyl sites for hydroxylation is 1. The molecule has 1 amide bonds. The minimum Gasteiger partial charge on any atom is -0.349 e. The molecule has 1 saturated carbocycles. The summed E-state index contributed by atoms with van der Waals surface area (Å²) in [5.74, 6) is -0.0645. The molecule has 0 aliphatic heterocycles. The number of aromatic nitrogens is 2. The fourth-order valence-electron chi connectivity index (χ4n) is 1.11. The first kappa shape index (κ1) is 9.54. The number of hydrogen-bond acceptors (Lipinski definition) is 5. The molecule has 0 radical (unpaired) electrons. The topological polar surface area (TPSA) is 80.9 Å². The van der Waals surface area contributed by atoms with E-state index in [0.29, 0.717) is 6.54 Å². The van der Waals surface area contributed by atoms with Crippen molar-refractivity contribution in [1.29, 1.82) is 0 Å². The van der Waals surface area contributed by atoms with Crippen molar-refractivity contribution in [2.24, 2.45) is 5.73 Å². The van der Waals surface area contributed by atoms with Crippen LogP contribution in [0.2, 0.25) is 0 Å². The van der Waals surface area contributed by atoms with E-state index in [1.54, 1.807) is 0 Å². The van der Waals surface area contributed by atoms with E-state index in [0.717, 1.165) is 23.4 Å². The van der Waals surface area contributed by atoms with Crippen LogP contribution < -0.4 is 11.1 Å². The smallest absolute Gasteiger partial charge is 0.240 e. The van der Waals surface area contributed by atoms with Gasteiger partial charge in [-0.25, -0.2) is 0 Å². The van der Waals surface area contributed by atoms with Gasteiger partial charge in [-0.3, -0.25) is 4.79 Å². The van der Waals surface area contributed by atoms with Gasteiger partial charge in [-0.1, -0.05) is 4.49 Å². The van der Waals surface area contributed by atoms with Gasteiger partial charge in [-0.2, -0.15) is 0 Å². The van der Waals surface area contributed by atoms with Crippen molar-refractivity contribution in [2.45, 2.75) is 31.8 Å². The molecule has 76 valence electrons. The van der Waals surface area contributed by atoms with E-state index in [4.69, 9.17) is 5.73 Å². The first-order valence-corrected chi connectivity index (χ1v) is 5.24. The second-order valence-corrected chi connectivity index (χ2v) is 4.46. The fourth-order valence-corrected chi connectivity index (χ4v) is 1.68. The van der Waals surface area contributed by atoms with Crippen molar-refractivity contribution in [3.63, 3.8) is 0 Å². The van der Waals surface area contributed by atoms with E-state index in [2.05, 4.69) is 14.9 Å². The molecule has 0 aromatic carbocycles. The quantitative estimate of drug-likeness (QED) is 0.736. The summed E-state index contributed by atoms with van der Waals surface area (Å²) in [6.07, 6.45) is 1.58. The second kappa shape index (κ2) is 3.29. The van der Waals surface area contributed by atoms with Crippen molar-refractivity contribution >= 4 is 17.4 Å². The SMILES string of the molecule is Cc1nnsc1CNC(=O)C1(N)CC1. The number of nitrogens with zero attached hydrogens (tertiary/aromatic N) is 2. The molecule has 0 saturated heterocycles. The third kappa shape index (κ3) is 1.76. The highest BCUT2D eigenvalue weighted by molar-refractivity contribution is 7.05. The largest absolute Gasteiger partial charge is 0.349 e. The standard InChI is InChI=1S/C8H12N4OS/c1-5-6(14-12-11-5)4-10-7(13)8(9)2-3-8/h2-4,9H2,1H3,(H,10,13). The van der Waals surface area contributed by atoms with Gasteiger partial charge in [0.05, 0.1) is 22.7 Å². The van der Waals surface area contributed by atoms with Gasteiger partial charge < -0.3 is 11.1 Å². The Morgan fingerprint density at radius 3 is 2.93 bits per heavy atom. The lowest BCUT2D eigenvalue weighted by atomic mass is 10.2. The average molecular weight is 212 g/mol. The van der Waals surface area contributed by atoms with Crippen LogP contribution in [0.1, 0.15) is 23.4 Å². The zero-order valence-corrected chi connectivity index (χ0v) is 8.73. The lowest BCUT2D eigenvalue weighted by Crippen LogP contribution is -2.42. The maximum absolute atomic E-state index is 11.5. The Balaban J connectivity index is 1.89. The van der Waals surface area contributed by atoms with E-state index in [9.17, 15) is 4.79 Å². The van der Waals surface area contributed by atoms with Crippen molar-refractivity contribution in [3.05, 3.63) is 10.6 Å². The normalized spacial score (nSPS) is 17.9. The fraction of sp³-hybridized carbons (Fsp3) is 0.625. The predicted molar refractivity (Wildman–Crippen MR) is 52.6 cm³/mol. The Labute approximate surface area is 85.9 Å². The highest BCUT2D eigenvalue weighted by Crippen LogP contribution is 2.32. The molecule has 0 atom stereocenters. The number of hydrogen-bond donors (Lipinski definition) is 2. The second-order valence-electron chi connectivity index (χ2n) is 3.62. The van der Waals surface area contributed by atoms with Crippen molar-refractivity contribution in [3.8, 4) is 0 Å². The summed E-state index contributed by atoms with van der Waals surface area (Å²) in [5.41, 5.74) is 6.01. The molecule has 1 aromatic heterocycles. The lowest BCUT2D eigenvalue weighted by Gasteiger charge is -2.08. The molecule has 5 nitrogen and oxygen atoms in total. The van der Waals surface area contributed by atoms with Gasteiger partial charge in [-0.05, 0) is 31.3 Å². The molecule has 3 N–H and O–H groups in total. The van der Waals surface area contributed by atoms with Crippen LogP contribution in [0, 0.1) is 6.92 Å². The maximum atomic E-state index is 11.5. The monoisotopic (exact) mass is 212 g/mol. The Kier molecular flexibility index (Phi) is 2.24. The molecular weight excluding hydrogens is 200 g/mol. The predicted octanol–water partition coefficient (Wildman–Crippen LogP) is -0.0460. The average Bonchev–Trinajstić information content (AvgIpc) is 2.77. The van der Waals surface area contributed by atoms with E-state index in [1.165, 1.54) is 11.5 Å². The number of nitrogens with one attached hydrogen (secondary N) is 1. The van der Waals surface area contributed by atoms with E-state index in [-0.39, 0.29) is 5.91 Å². The molecule has 0 spiro atoms. The van der Waals surface area contributed by atoms with Crippen molar-refractivity contribution in [1.82, 2.24) is 14.9 Å². The molecule has 2 rings (SSSR count). The van der Waals surface area contributed by atoms with Gasteiger partial charge in [0.15, 0.2) is 0 Å². The Morgan fingerprint density at radius 2 is 2.43 bits per heavy atom. The Bertz CT molecular complexity index is 358. The van der Waals surface area contributed by atoms with Crippen LogP contribution in [0.15, 0.2) is 0 Å². The summed E-state index contributed by atoms with van der Waals surface area (Å²) in [7, 11) is 0. The molecule has 1 aromatic rings. The highest BCUT2D eigenvalue weighted by Gasteiger charge is 2.45. The van der Waals surface area contributed by atoms with Crippen LogP contribution in [0.4, 0.5) is 0 Å². The van der Waals surface area contributed by atoms with Gasteiger partial charge in [0.1, 0.15) is 0 Å². The molecular formula is C8H12N4OS. The molecule has 1 heterocycles. The summed E-state index contributed by atoms with van der Waals surface area (Å²) in [6, 6.07) is 0. The summed E-state index contributed by atoms with van der Waals surface area (Å²) in [5, 5.41) is 6.65. The van der Waals surface area contributed by atoms with Crippen molar-refractivity contribution in [2.75, 3.05) is 0 Å². The molecule has 1 aliphatic carbocycles. The number of rotatable bonds is 3. The van der Waals surface area contributed by atoms with Crippen LogP contribution in [0.3, 0.4) is 0 Å². The van der Waals surface area contributed by atoms with Gasteiger partial charge >= 0.3 is 0 Å². The zero-order chi connectivity index (χ0) is 10.2. The van der Waals surface area contributed by atoms with Crippen LogP contribution in [-0.2, 0) is 11.3 Å². The van der Waals surface area contributed by atoms with Crippen LogP contribution >= 0.6 is 11.5 Å². The minimum atomic E-state index is -0.591. The number of carbonyl (C=O) groups excluding carboxylic acids is 1. The number of amides is 1. The maximum Gasteiger partial charge on any atom is 0.240 e. The molecule has 1 aliphatic rings. The van der Waals surface area contributed by atoms with E-state index >= 15 is 0 Å². The summed E-state index contributed by atoms with van der Waals surface area (Å²) in [4.78, 5) is 12.4. The number of nitrogens with two attached hydrogens (primary N) is 1. The molecule has 1 fully saturated rings. The molecule has 6 heteroatoms. The number of carbonyl (C=O) groups is 1. The first-order valence-electron chi connectivity index (χ1n) is 4.47. The molecule has 14 heavy (non-hydrogen) atoms. The van der Waals surface area contributed by atoms with Crippen LogP contribution in [0.25, 0.3) is 0 Å². The molecule has 0 bridgehead atoms. The Hall–Kier alpha value is -1.01. The first-order chi connectivity index (χ1) is 6.62.